The van der Waals surface area contributed by atoms with Crippen molar-refractivity contribution in [2.45, 2.75) is 13.0 Å². The molecule has 0 bridgehead atoms. The number of aromatic carboxylic acids is 1. The maximum Gasteiger partial charge on any atom is 0.335 e. The normalized spacial score (nSPS) is 17.3. The van der Waals surface area contributed by atoms with Crippen LogP contribution >= 0.6 is 0 Å². The summed E-state index contributed by atoms with van der Waals surface area (Å²) in [5.41, 5.74) is 0.849. The third-order valence-electron chi connectivity index (χ3n) is 4.80. The number of carboxylic acids is 1. The SMILES string of the molecule is CC1CN(c2ccccn2)CCN1c1nc2cc(C(=O)O)ccc2[nH]c1=O. The molecule has 1 unspecified atom stereocenters. The van der Waals surface area contributed by atoms with Gasteiger partial charge in [-0.2, -0.15) is 0 Å². The van der Waals surface area contributed by atoms with Crippen molar-refractivity contribution in [3.05, 3.63) is 58.5 Å². The Kier molecular flexibility index (Phi) is 4.23. The molecule has 1 aromatic carbocycles. The van der Waals surface area contributed by atoms with Crippen LogP contribution < -0.4 is 15.4 Å². The molecule has 3 aromatic rings. The molecule has 27 heavy (non-hydrogen) atoms. The molecule has 2 N–H and O–H groups in total. The van der Waals surface area contributed by atoms with E-state index in [1.54, 1.807) is 12.3 Å². The second kappa shape index (κ2) is 6.71. The number of benzene rings is 1. The summed E-state index contributed by atoms with van der Waals surface area (Å²) in [6.45, 7) is 4.09. The molecule has 0 radical (unpaired) electrons. The topological polar surface area (TPSA) is 102 Å². The van der Waals surface area contributed by atoms with Gasteiger partial charge in [0.25, 0.3) is 5.56 Å². The molecule has 3 heterocycles. The summed E-state index contributed by atoms with van der Waals surface area (Å²) in [7, 11) is 0. The standard InChI is InChI=1S/C19H19N5O3/c1-12-11-23(16-4-2-3-7-20-16)8-9-24(12)17-18(25)22-14-6-5-13(19(26)27)10-15(14)21-17/h2-7,10,12H,8-9,11H2,1H3,(H,22,25)(H,26,27). The van der Waals surface area contributed by atoms with E-state index in [1.807, 2.05) is 30.0 Å². The zero-order chi connectivity index (χ0) is 19.0. The summed E-state index contributed by atoms with van der Waals surface area (Å²) in [5, 5.41) is 9.17. The molecule has 1 saturated heterocycles. The first kappa shape index (κ1) is 17.0. The van der Waals surface area contributed by atoms with Crippen LogP contribution in [0, 0.1) is 0 Å². The van der Waals surface area contributed by atoms with Crippen LogP contribution in [-0.2, 0) is 0 Å². The minimum Gasteiger partial charge on any atom is -0.478 e. The average molecular weight is 365 g/mol. The van der Waals surface area contributed by atoms with Gasteiger partial charge in [-0.3, -0.25) is 4.79 Å². The lowest BCUT2D eigenvalue weighted by atomic mass is 10.1. The fourth-order valence-electron chi connectivity index (χ4n) is 3.42. The molecule has 1 atom stereocenters. The third kappa shape index (κ3) is 3.21. The number of rotatable bonds is 3. The predicted octanol–water partition coefficient (Wildman–Crippen LogP) is 1.73. The van der Waals surface area contributed by atoms with Gasteiger partial charge >= 0.3 is 5.97 Å². The van der Waals surface area contributed by atoms with Gasteiger partial charge in [-0.1, -0.05) is 6.07 Å². The zero-order valence-corrected chi connectivity index (χ0v) is 14.8. The van der Waals surface area contributed by atoms with E-state index < -0.39 is 5.97 Å². The molecule has 8 nitrogen and oxygen atoms in total. The minimum absolute atomic E-state index is 0.0504. The first-order chi connectivity index (χ1) is 13.0. The molecule has 0 aliphatic carbocycles. The van der Waals surface area contributed by atoms with Crippen molar-refractivity contribution in [3.63, 3.8) is 0 Å². The second-order valence-corrected chi connectivity index (χ2v) is 6.60. The van der Waals surface area contributed by atoms with Crippen molar-refractivity contribution < 1.29 is 9.90 Å². The predicted molar refractivity (Wildman–Crippen MR) is 103 cm³/mol. The molecule has 4 rings (SSSR count). The van der Waals surface area contributed by atoms with E-state index in [0.29, 0.717) is 29.9 Å². The van der Waals surface area contributed by atoms with Gasteiger partial charge in [-0.05, 0) is 37.3 Å². The van der Waals surface area contributed by atoms with Crippen LogP contribution in [0.2, 0.25) is 0 Å². The van der Waals surface area contributed by atoms with Gasteiger partial charge in [0.2, 0.25) is 0 Å². The molecule has 1 aliphatic rings. The van der Waals surface area contributed by atoms with E-state index in [-0.39, 0.29) is 17.2 Å². The summed E-state index contributed by atoms with van der Waals surface area (Å²) in [6.07, 6.45) is 1.77. The molecule has 2 aromatic heterocycles. The van der Waals surface area contributed by atoms with Crippen molar-refractivity contribution in [3.8, 4) is 0 Å². The average Bonchev–Trinajstić information content (AvgIpc) is 2.68. The lowest BCUT2D eigenvalue weighted by molar-refractivity contribution is 0.0697. The van der Waals surface area contributed by atoms with Gasteiger partial charge < -0.3 is 19.9 Å². The number of pyridine rings is 1. The number of carboxylic acid groups (broad SMARTS) is 1. The highest BCUT2D eigenvalue weighted by Crippen LogP contribution is 2.21. The number of carbonyl (C=O) groups is 1. The number of piperazine rings is 1. The van der Waals surface area contributed by atoms with Gasteiger partial charge in [-0.25, -0.2) is 14.8 Å². The number of nitrogens with zero attached hydrogens (tertiary/aromatic N) is 4. The lowest BCUT2D eigenvalue weighted by Gasteiger charge is -2.40. The van der Waals surface area contributed by atoms with Gasteiger partial charge in [-0.15, -0.1) is 0 Å². The molecule has 0 saturated carbocycles. The van der Waals surface area contributed by atoms with Gasteiger partial charge in [0.1, 0.15) is 5.82 Å². The fourth-order valence-corrected chi connectivity index (χ4v) is 3.42. The van der Waals surface area contributed by atoms with Crippen molar-refractivity contribution >= 4 is 28.6 Å². The Morgan fingerprint density at radius 1 is 1.26 bits per heavy atom. The molecular weight excluding hydrogens is 346 g/mol. The van der Waals surface area contributed by atoms with Gasteiger partial charge in [0.15, 0.2) is 5.82 Å². The fraction of sp³-hybridized carbons (Fsp3) is 0.263. The highest BCUT2D eigenvalue weighted by molar-refractivity contribution is 5.92. The van der Waals surface area contributed by atoms with Gasteiger partial charge in [0, 0.05) is 31.9 Å². The van der Waals surface area contributed by atoms with Crippen LogP contribution in [0.1, 0.15) is 17.3 Å². The largest absolute Gasteiger partial charge is 0.478 e. The third-order valence-corrected chi connectivity index (χ3v) is 4.80. The van der Waals surface area contributed by atoms with Crippen LogP contribution in [-0.4, -0.2) is 51.7 Å². The van der Waals surface area contributed by atoms with Crippen LogP contribution in [0.3, 0.4) is 0 Å². The number of fused-ring (bicyclic) bond motifs is 1. The van der Waals surface area contributed by atoms with E-state index in [4.69, 9.17) is 0 Å². The highest BCUT2D eigenvalue weighted by atomic mass is 16.4. The van der Waals surface area contributed by atoms with Crippen molar-refractivity contribution in [1.82, 2.24) is 15.0 Å². The number of hydrogen-bond acceptors (Lipinski definition) is 6. The molecule has 1 aliphatic heterocycles. The van der Waals surface area contributed by atoms with Crippen LogP contribution in [0.25, 0.3) is 11.0 Å². The number of aromatic amines is 1. The summed E-state index contributed by atoms with van der Waals surface area (Å²) in [4.78, 5) is 39.6. The van der Waals surface area contributed by atoms with E-state index in [0.717, 1.165) is 12.4 Å². The van der Waals surface area contributed by atoms with Crippen molar-refractivity contribution in [1.29, 1.82) is 0 Å². The Labute approximate surface area is 155 Å². The van der Waals surface area contributed by atoms with Crippen molar-refractivity contribution in [2.75, 3.05) is 29.4 Å². The van der Waals surface area contributed by atoms with Crippen LogP contribution in [0.4, 0.5) is 11.6 Å². The van der Waals surface area contributed by atoms with E-state index in [1.165, 1.54) is 12.1 Å². The Hall–Kier alpha value is -3.42. The smallest absolute Gasteiger partial charge is 0.335 e. The summed E-state index contributed by atoms with van der Waals surface area (Å²) < 4.78 is 0. The molecule has 0 amide bonds. The number of aromatic nitrogens is 3. The lowest BCUT2D eigenvalue weighted by Crippen LogP contribution is -2.54. The molecular formula is C19H19N5O3. The van der Waals surface area contributed by atoms with Gasteiger partial charge in [0.05, 0.1) is 16.6 Å². The summed E-state index contributed by atoms with van der Waals surface area (Å²) >= 11 is 0. The van der Waals surface area contributed by atoms with Crippen LogP contribution in [0.5, 0.6) is 0 Å². The summed E-state index contributed by atoms with van der Waals surface area (Å²) in [5.74, 6) is 0.206. The first-order valence-corrected chi connectivity index (χ1v) is 8.73. The zero-order valence-electron chi connectivity index (χ0n) is 14.8. The quantitative estimate of drug-likeness (QED) is 0.729. The van der Waals surface area contributed by atoms with E-state index in [9.17, 15) is 14.7 Å². The molecule has 8 heteroatoms. The Bertz CT molecular complexity index is 1050. The number of anilines is 2. The number of hydrogen-bond donors (Lipinski definition) is 2. The van der Waals surface area contributed by atoms with Crippen LogP contribution in [0.15, 0.2) is 47.4 Å². The Morgan fingerprint density at radius 3 is 2.81 bits per heavy atom. The maximum atomic E-state index is 12.5. The molecule has 0 spiro atoms. The minimum atomic E-state index is -1.02. The molecule has 1 fully saturated rings. The monoisotopic (exact) mass is 365 g/mol. The number of nitrogens with one attached hydrogen (secondary N) is 1. The Morgan fingerprint density at radius 2 is 2.11 bits per heavy atom. The van der Waals surface area contributed by atoms with E-state index >= 15 is 0 Å². The number of H-pyrrole nitrogens is 1. The first-order valence-electron chi connectivity index (χ1n) is 8.73. The summed E-state index contributed by atoms with van der Waals surface area (Å²) in [6, 6.07) is 10.4. The van der Waals surface area contributed by atoms with Crippen molar-refractivity contribution in [2.24, 2.45) is 0 Å². The second-order valence-electron chi connectivity index (χ2n) is 6.60. The molecule has 138 valence electrons. The van der Waals surface area contributed by atoms with E-state index in [2.05, 4.69) is 19.9 Å². The highest BCUT2D eigenvalue weighted by Gasteiger charge is 2.27. The maximum absolute atomic E-state index is 12.5. The Balaban J connectivity index is 1.65.